The maximum absolute atomic E-state index is 11.7. The summed E-state index contributed by atoms with van der Waals surface area (Å²) in [5.41, 5.74) is 4.53. The van der Waals surface area contributed by atoms with Crippen molar-refractivity contribution in [1.82, 2.24) is 19.5 Å². The van der Waals surface area contributed by atoms with Crippen molar-refractivity contribution < 1.29 is 25.2 Å². The lowest BCUT2D eigenvalue weighted by molar-refractivity contribution is -0.287. The van der Waals surface area contributed by atoms with Gasteiger partial charge in [0, 0.05) is 0 Å². The maximum atomic E-state index is 11.7. The van der Waals surface area contributed by atoms with Gasteiger partial charge in [-0.2, -0.15) is 4.98 Å². The van der Waals surface area contributed by atoms with Gasteiger partial charge in [0.2, 0.25) is 5.95 Å². The van der Waals surface area contributed by atoms with Crippen LogP contribution in [0.3, 0.4) is 0 Å². The Balaban J connectivity index is 2.19. The SMILES string of the molecule is Nc1nc2c(ncn2[C@@]2(O)O[C@H](CO)[C@@H](O)[C@H]2O)c(=O)[nH]1. The second-order valence-electron chi connectivity index (χ2n) is 4.67. The Morgan fingerprint density at radius 3 is 2.86 bits per heavy atom. The number of aromatic amines is 1. The Kier molecular flexibility index (Phi) is 2.96. The molecule has 21 heavy (non-hydrogen) atoms. The fourth-order valence-electron chi connectivity index (χ4n) is 2.29. The zero-order valence-corrected chi connectivity index (χ0v) is 10.5. The second-order valence-corrected chi connectivity index (χ2v) is 4.67. The highest BCUT2D eigenvalue weighted by molar-refractivity contribution is 5.70. The average molecular weight is 299 g/mol. The van der Waals surface area contributed by atoms with Crippen molar-refractivity contribution in [3.63, 3.8) is 0 Å². The number of hydrogen-bond acceptors (Lipinski definition) is 9. The van der Waals surface area contributed by atoms with Crippen molar-refractivity contribution in [2.45, 2.75) is 24.2 Å². The number of nitrogens with zero attached hydrogens (tertiary/aromatic N) is 3. The van der Waals surface area contributed by atoms with Gasteiger partial charge in [0.05, 0.1) is 6.61 Å². The molecule has 3 rings (SSSR count). The molecule has 1 saturated heterocycles. The normalized spacial score (nSPS) is 32.9. The summed E-state index contributed by atoms with van der Waals surface area (Å²) in [5, 5.41) is 39.2. The Labute approximate surface area is 116 Å². The molecule has 11 heteroatoms. The van der Waals surface area contributed by atoms with Crippen molar-refractivity contribution in [2.24, 2.45) is 0 Å². The predicted octanol–water partition coefficient (Wildman–Crippen LogP) is -3.58. The highest BCUT2D eigenvalue weighted by atomic mass is 16.7. The zero-order valence-electron chi connectivity index (χ0n) is 10.5. The van der Waals surface area contributed by atoms with Crippen molar-refractivity contribution in [3.05, 3.63) is 16.7 Å². The molecule has 1 aliphatic rings. The lowest BCUT2D eigenvalue weighted by Crippen LogP contribution is -2.45. The molecule has 0 aliphatic carbocycles. The van der Waals surface area contributed by atoms with Crippen LogP contribution in [0, 0.1) is 0 Å². The van der Waals surface area contributed by atoms with Crippen molar-refractivity contribution >= 4 is 17.1 Å². The number of rotatable bonds is 2. The third kappa shape index (κ3) is 1.83. The van der Waals surface area contributed by atoms with E-state index in [4.69, 9.17) is 15.6 Å². The highest BCUT2D eigenvalue weighted by Gasteiger charge is 2.55. The summed E-state index contributed by atoms with van der Waals surface area (Å²) in [5.74, 6) is -2.65. The van der Waals surface area contributed by atoms with Crippen molar-refractivity contribution in [3.8, 4) is 0 Å². The van der Waals surface area contributed by atoms with Crippen LogP contribution in [0.1, 0.15) is 0 Å². The van der Waals surface area contributed by atoms with Crippen LogP contribution in [0.4, 0.5) is 5.95 Å². The summed E-state index contributed by atoms with van der Waals surface area (Å²) in [4.78, 5) is 21.5. The van der Waals surface area contributed by atoms with Crippen LogP contribution in [0.15, 0.2) is 11.1 Å². The summed E-state index contributed by atoms with van der Waals surface area (Å²) in [6.07, 6.45) is -3.50. The summed E-state index contributed by atoms with van der Waals surface area (Å²) < 4.78 is 5.96. The first kappa shape index (κ1) is 13.9. The van der Waals surface area contributed by atoms with Gasteiger partial charge < -0.3 is 30.9 Å². The number of hydrogen-bond donors (Lipinski definition) is 6. The third-order valence-electron chi connectivity index (χ3n) is 3.36. The number of imidazole rings is 1. The van der Waals surface area contributed by atoms with Gasteiger partial charge in [0.25, 0.3) is 11.5 Å². The van der Waals surface area contributed by atoms with E-state index < -0.39 is 36.4 Å². The van der Waals surface area contributed by atoms with Crippen LogP contribution in [0.25, 0.3) is 11.2 Å². The molecule has 0 amide bonds. The Hall–Kier alpha value is -2.05. The molecule has 2 aromatic rings. The topological polar surface area (TPSA) is 180 Å². The molecule has 0 saturated carbocycles. The van der Waals surface area contributed by atoms with Gasteiger partial charge >= 0.3 is 0 Å². The zero-order chi connectivity index (χ0) is 15.4. The minimum absolute atomic E-state index is 0.129. The number of aliphatic hydroxyl groups excluding tert-OH is 3. The van der Waals surface area contributed by atoms with E-state index in [0.29, 0.717) is 0 Å². The minimum atomic E-state index is -2.44. The molecular weight excluding hydrogens is 286 g/mol. The summed E-state index contributed by atoms with van der Waals surface area (Å²) in [6, 6.07) is 0. The number of anilines is 1. The quantitative estimate of drug-likeness (QED) is 0.327. The molecule has 11 nitrogen and oxygen atoms in total. The second kappa shape index (κ2) is 4.47. The van der Waals surface area contributed by atoms with E-state index in [9.17, 15) is 20.1 Å². The first-order valence-electron chi connectivity index (χ1n) is 5.99. The lowest BCUT2D eigenvalue weighted by atomic mass is 10.1. The van der Waals surface area contributed by atoms with Crippen LogP contribution in [0.5, 0.6) is 0 Å². The van der Waals surface area contributed by atoms with E-state index in [2.05, 4.69) is 15.0 Å². The van der Waals surface area contributed by atoms with E-state index in [1.165, 1.54) is 0 Å². The largest absolute Gasteiger partial charge is 0.394 e. The van der Waals surface area contributed by atoms with Gasteiger partial charge in [0.1, 0.15) is 18.5 Å². The molecule has 3 heterocycles. The number of fused-ring (bicyclic) bond motifs is 1. The van der Waals surface area contributed by atoms with E-state index in [-0.39, 0.29) is 17.1 Å². The number of nitrogen functional groups attached to an aromatic ring is 1. The van der Waals surface area contributed by atoms with Crippen molar-refractivity contribution in [2.75, 3.05) is 12.3 Å². The van der Waals surface area contributed by atoms with E-state index >= 15 is 0 Å². The molecule has 0 unspecified atom stereocenters. The lowest BCUT2D eigenvalue weighted by Gasteiger charge is -2.27. The molecule has 0 spiro atoms. The van der Waals surface area contributed by atoms with Crippen LogP contribution in [0.2, 0.25) is 0 Å². The fraction of sp³-hybridized carbons (Fsp3) is 0.500. The number of ether oxygens (including phenoxy) is 1. The van der Waals surface area contributed by atoms with E-state index in [1.54, 1.807) is 0 Å². The van der Waals surface area contributed by atoms with Gasteiger partial charge in [-0.05, 0) is 0 Å². The van der Waals surface area contributed by atoms with Gasteiger partial charge in [-0.15, -0.1) is 0 Å². The summed E-state index contributed by atoms with van der Waals surface area (Å²) in [7, 11) is 0. The first-order valence-corrected chi connectivity index (χ1v) is 5.99. The highest BCUT2D eigenvalue weighted by Crippen LogP contribution is 2.34. The molecule has 0 aromatic carbocycles. The van der Waals surface area contributed by atoms with E-state index in [1.807, 2.05) is 0 Å². The number of aromatic nitrogens is 4. The van der Waals surface area contributed by atoms with Crippen LogP contribution in [-0.4, -0.2) is 64.9 Å². The summed E-state index contributed by atoms with van der Waals surface area (Å²) >= 11 is 0. The van der Waals surface area contributed by atoms with Crippen molar-refractivity contribution in [1.29, 1.82) is 0 Å². The number of nitrogens with two attached hydrogens (primary N) is 1. The smallest absolute Gasteiger partial charge is 0.286 e. The number of nitrogens with one attached hydrogen (secondary N) is 1. The molecule has 2 aromatic heterocycles. The Bertz CT molecular complexity index is 743. The predicted molar refractivity (Wildman–Crippen MR) is 66.7 cm³/mol. The number of aliphatic hydroxyl groups is 4. The van der Waals surface area contributed by atoms with Gasteiger partial charge in [-0.1, -0.05) is 0 Å². The molecule has 4 atom stereocenters. The minimum Gasteiger partial charge on any atom is -0.394 e. The molecule has 0 bridgehead atoms. The molecule has 114 valence electrons. The molecule has 7 N–H and O–H groups in total. The van der Waals surface area contributed by atoms with E-state index in [0.717, 1.165) is 10.9 Å². The number of H-pyrrole nitrogens is 1. The average Bonchev–Trinajstić information content (AvgIpc) is 2.95. The first-order chi connectivity index (χ1) is 9.88. The summed E-state index contributed by atoms with van der Waals surface area (Å²) in [6.45, 7) is -0.622. The Morgan fingerprint density at radius 1 is 1.52 bits per heavy atom. The Morgan fingerprint density at radius 2 is 2.24 bits per heavy atom. The van der Waals surface area contributed by atoms with Crippen LogP contribution >= 0.6 is 0 Å². The molecule has 1 fully saturated rings. The standard InChI is InChI=1S/C10H13N5O6/c11-9-13-7-4(8(19)14-9)12-2-15(7)10(20)6(18)5(17)3(1-16)21-10/h2-3,5-6,16-18,20H,1H2,(H3,11,13,14,19)/t3-,5-,6-,10+/m1/s1. The molecular formula is C10H13N5O6. The maximum Gasteiger partial charge on any atom is 0.286 e. The third-order valence-corrected chi connectivity index (χ3v) is 3.36. The van der Waals surface area contributed by atoms with Gasteiger partial charge in [0.15, 0.2) is 17.3 Å². The molecule has 0 radical (unpaired) electrons. The van der Waals surface area contributed by atoms with Gasteiger partial charge in [-0.25, -0.2) is 4.98 Å². The monoisotopic (exact) mass is 299 g/mol. The van der Waals surface area contributed by atoms with Crippen LogP contribution in [-0.2, 0) is 10.6 Å². The van der Waals surface area contributed by atoms with Crippen LogP contribution < -0.4 is 11.3 Å². The molecule has 1 aliphatic heterocycles. The van der Waals surface area contributed by atoms with Gasteiger partial charge in [-0.3, -0.25) is 14.3 Å². The fourth-order valence-corrected chi connectivity index (χ4v) is 2.29.